The second kappa shape index (κ2) is 9.41. The zero-order valence-electron chi connectivity index (χ0n) is 16.9. The number of nitrogens with one attached hydrogen (secondary N) is 1. The molecule has 0 radical (unpaired) electrons. The summed E-state index contributed by atoms with van der Waals surface area (Å²) < 4.78 is 33.3. The van der Waals surface area contributed by atoms with Gasteiger partial charge in [-0.1, -0.05) is 31.5 Å². The molecule has 2 unspecified atom stereocenters. The number of sulfonamides is 1. The Morgan fingerprint density at radius 2 is 1.83 bits per heavy atom. The highest BCUT2D eigenvalue weighted by molar-refractivity contribution is 7.89. The number of carbonyl (C=O) groups excluding carboxylic acids is 1. The number of benzene rings is 2. The molecule has 6 nitrogen and oxygen atoms in total. The first-order valence-corrected chi connectivity index (χ1v) is 11.5. The summed E-state index contributed by atoms with van der Waals surface area (Å²) in [5.74, 6) is 0.315. The van der Waals surface area contributed by atoms with Gasteiger partial charge in [0.15, 0.2) is 6.10 Å². The fourth-order valence-corrected chi connectivity index (χ4v) is 5.31. The second-order valence-electron chi connectivity index (χ2n) is 7.26. The van der Waals surface area contributed by atoms with E-state index in [1.165, 1.54) is 0 Å². The van der Waals surface area contributed by atoms with E-state index in [-0.39, 0.29) is 16.8 Å². The lowest BCUT2D eigenvalue weighted by atomic mass is 10.0. The third kappa shape index (κ3) is 5.16. The minimum atomic E-state index is -3.53. The third-order valence-electron chi connectivity index (χ3n) is 5.20. The van der Waals surface area contributed by atoms with Gasteiger partial charge in [-0.2, -0.15) is 4.31 Å². The number of piperidine rings is 1. The molecule has 29 heavy (non-hydrogen) atoms. The van der Waals surface area contributed by atoms with Gasteiger partial charge < -0.3 is 10.1 Å². The Balaban J connectivity index is 1.65. The average Bonchev–Trinajstić information content (AvgIpc) is 2.74. The van der Waals surface area contributed by atoms with Gasteiger partial charge >= 0.3 is 0 Å². The second-order valence-corrected chi connectivity index (χ2v) is 9.15. The van der Waals surface area contributed by atoms with E-state index < -0.39 is 16.1 Å². The van der Waals surface area contributed by atoms with Gasteiger partial charge in [0.2, 0.25) is 10.0 Å². The summed E-state index contributed by atoms with van der Waals surface area (Å²) in [4.78, 5) is 12.6. The largest absolute Gasteiger partial charge is 0.481 e. The Morgan fingerprint density at radius 1 is 1.14 bits per heavy atom. The quantitative estimate of drug-likeness (QED) is 0.739. The van der Waals surface area contributed by atoms with Gasteiger partial charge in [0.05, 0.1) is 4.90 Å². The lowest BCUT2D eigenvalue weighted by molar-refractivity contribution is -0.122. The molecule has 7 heteroatoms. The summed E-state index contributed by atoms with van der Waals surface area (Å²) in [7, 11) is -3.53. The molecule has 1 aliphatic rings. The van der Waals surface area contributed by atoms with E-state index in [1.54, 1.807) is 47.6 Å². The molecular weight excluding hydrogens is 388 g/mol. The first kappa shape index (κ1) is 21.3. The van der Waals surface area contributed by atoms with Crippen molar-refractivity contribution in [2.75, 3.05) is 11.9 Å². The third-order valence-corrected chi connectivity index (χ3v) is 7.16. The number of para-hydroxylation sites is 1. The van der Waals surface area contributed by atoms with Crippen molar-refractivity contribution in [2.24, 2.45) is 0 Å². The van der Waals surface area contributed by atoms with Crippen LogP contribution in [0.1, 0.15) is 39.5 Å². The van der Waals surface area contributed by atoms with Crippen molar-refractivity contribution < 1.29 is 17.9 Å². The van der Waals surface area contributed by atoms with E-state index >= 15 is 0 Å². The lowest BCUT2D eigenvalue weighted by Gasteiger charge is -2.34. The number of carbonyl (C=O) groups is 1. The average molecular weight is 417 g/mol. The molecule has 1 saturated heterocycles. The molecule has 0 saturated carbocycles. The van der Waals surface area contributed by atoms with Gasteiger partial charge in [0.1, 0.15) is 5.75 Å². The van der Waals surface area contributed by atoms with Crippen LogP contribution in [-0.4, -0.2) is 37.3 Å². The van der Waals surface area contributed by atoms with Crippen LogP contribution in [0.15, 0.2) is 59.5 Å². The zero-order valence-corrected chi connectivity index (χ0v) is 17.7. The summed E-state index contributed by atoms with van der Waals surface area (Å²) >= 11 is 0. The fourth-order valence-electron chi connectivity index (χ4n) is 3.54. The maximum absolute atomic E-state index is 13.0. The zero-order chi connectivity index (χ0) is 20.9. The van der Waals surface area contributed by atoms with Crippen molar-refractivity contribution >= 4 is 21.6 Å². The molecule has 0 spiro atoms. The molecule has 2 aromatic carbocycles. The molecule has 0 bridgehead atoms. The molecule has 1 fully saturated rings. The summed E-state index contributed by atoms with van der Waals surface area (Å²) in [6, 6.07) is 15.5. The minimum absolute atomic E-state index is 0.0594. The molecule has 1 heterocycles. The van der Waals surface area contributed by atoms with Gasteiger partial charge in [-0.15, -0.1) is 0 Å². The van der Waals surface area contributed by atoms with Crippen LogP contribution >= 0.6 is 0 Å². The molecular formula is C22H28N2O4S. The van der Waals surface area contributed by atoms with Crippen molar-refractivity contribution in [1.29, 1.82) is 0 Å². The maximum atomic E-state index is 13.0. The predicted molar refractivity (Wildman–Crippen MR) is 113 cm³/mol. The molecule has 3 rings (SSSR count). The van der Waals surface area contributed by atoms with Crippen LogP contribution in [0, 0.1) is 0 Å². The Hall–Kier alpha value is -2.38. The summed E-state index contributed by atoms with van der Waals surface area (Å²) in [6.07, 6.45) is 3.00. The predicted octanol–water partition coefficient (Wildman–Crippen LogP) is 4.05. The Morgan fingerprint density at radius 3 is 2.48 bits per heavy atom. The van der Waals surface area contributed by atoms with Crippen molar-refractivity contribution in [3.05, 3.63) is 54.6 Å². The first-order valence-electron chi connectivity index (χ1n) is 10.1. The monoisotopic (exact) mass is 416 g/mol. The van der Waals surface area contributed by atoms with E-state index in [2.05, 4.69) is 5.32 Å². The van der Waals surface area contributed by atoms with Crippen LogP contribution in [0.4, 0.5) is 5.69 Å². The smallest absolute Gasteiger partial charge is 0.265 e. The van der Waals surface area contributed by atoms with Gasteiger partial charge in [0, 0.05) is 18.3 Å². The molecule has 1 N–H and O–H groups in total. The van der Waals surface area contributed by atoms with E-state index in [0.717, 1.165) is 25.7 Å². The van der Waals surface area contributed by atoms with Gasteiger partial charge in [0.25, 0.3) is 5.91 Å². The number of anilines is 1. The Bertz CT molecular complexity index is 914. The standard InChI is InChI=1S/C22H28N2O4S/c1-3-19-9-7-8-16-24(19)29(26,27)21-14-12-18(13-15-21)23-22(25)17(2)28-20-10-5-4-6-11-20/h4-6,10-15,17,19H,3,7-9,16H2,1-2H3,(H,23,25). The molecule has 1 aliphatic heterocycles. The van der Waals surface area contributed by atoms with Crippen molar-refractivity contribution in [2.45, 2.75) is 56.6 Å². The molecule has 2 aromatic rings. The SMILES string of the molecule is CCC1CCCCN1S(=O)(=O)c1ccc(NC(=O)C(C)Oc2ccccc2)cc1. The molecule has 156 valence electrons. The highest BCUT2D eigenvalue weighted by atomic mass is 32.2. The van der Waals surface area contributed by atoms with Crippen LogP contribution in [-0.2, 0) is 14.8 Å². The van der Waals surface area contributed by atoms with Crippen molar-refractivity contribution in [3.63, 3.8) is 0 Å². The minimum Gasteiger partial charge on any atom is -0.481 e. The van der Waals surface area contributed by atoms with Crippen LogP contribution in [0.3, 0.4) is 0 Å². The summed E-state index contributed by atoms with van der Waals surface area (Å²) in [5.41, 5.74) is 0.531. The van der Waals surface area contributed by atoms with Crippen molar-refractivity contribution in [1.82, 2.24) is 4.31 Å². The van der Waals surface area contributed by atoms with Gasteiger partial charge in [-0.05, 0) is 62.6 Å². The van der Waals surface area contributed by atoms with Crippen molar-refractivity contribution in [3.8, 4) is 5.75 Å². The molecule has 2 atom stereocenters. The maximum Gasteiger partial charge on any atom is 0.265 e. The highest BCUT2D eigenvalue weighted by Gasteiger charge is 2.32. The van der Waals surface area contributed by atoms with Crippen LogP contribution in [0.2, 0.25) is 0 Å². The van der Waals surface area contributed by atoms with E-state index in [9.17, 15) is 13.2 Å². The number of amides is 1. The molecule has 0 aromatic heterocycles. The Kier molecular flexibility index (Phi) is 6.92. The molecule has 1 amide bonds. The van der Waals surface area contributed by atoms with E-state index in [1.807, 2.05) is 25.1 Å². The number of rotatable bonds is 7. The van der Waals surface area contributed by atoms with Gasteiger partial charge in [-0.3, -0.25) is 4.79 Å². The number of hydrogen-bond acceptors (Lipinski definition) is 4. The van der Waals surface area contributed by atoms with E-state index in [0.29, 0.717) is 18.0 Å². The first-order chi connectivity index (χ1) is 13.9. The topological polar surface area (TPSA) is 75.7 Å². The highest BCUT2D eigenvalue weighted by Crippen LogP contribution is 2.27. The molecule has 0 aliphatic carbocycles. The van der Waals surface area contributed by atoms with Crippen LogP contribution in [0.25, 0.3) is 0 Å². The summed E-state index contributed by atoms with van der Waals surface area (Å²) in [6.45, 7) is 4.26. The Labute approximate surface area is 172 Å². The summed E-state index contributed by atoms with van der Waals surface area (Å²) in [5, 5.41) is 2.77. The van der Waals surface area contributed by atoms with Crippen LogP contribution in [0.5, 0.6) is 5.75 Å². The van der Waals surface area contributed by atoms with E-state index in [4.69, 9.17) is 4.74 Å². The number of nitrogens with zero attached hydrogens (tertiary/aromatic N) is 1. The number of ether oxygens (including phenoxy) is 1. The van der Waals surface area contributed by atoms with Gasteiger partial charge in [-0.25, -0.2) is 8.42 Å². The van der Waals surface area contributed by atoms with Crippen LogP contribution < -0.4 is 10.1 Å². The number of hydrogen-bond donors (Lipinski definition) is 1. The lowest BCUT2D eigenvalue weighted by Crippen LogP contribution is -2.43. The normalized spacial score (nSPS) is 18.8. The fraction of sp³-hybridized carbons (Fsp3) is 0.409.